The van der Waals surface area contributed by atoms with Gasteiger partial charge in [-0.2, -0.15) is 8.42 Å². The number of rotatable bonds is 9. The predicted octanol–water partition coefficient (Wildman–Crippen LogP) is 6.68. The zero-order valence-corrected chi connectivity index (χ0v) is 27.0. The smallest absolute Gasteiger partial charge is 0.344 e. The molecule has 6 aromatic rings. The van der Waals surface area contributed by atoms with Gasteiger partial charge >= 0.3 is 5.97 Å². The summed E-state index contributed by atoms with van der Waals surface area (Å²) in [6, 6.07) is 26.7. The number of ether oxygens (including phenoxy) is 1. The Balaban J connectivity index is 1.40. The molecule has 1 aliphatic carbocycles. The first-order valence-electron chi connectivity index (χ1n) is 14.6. The maximum absolute atomic E-state index is 14.2. The van der Waals surface area contributed by atoms with Crippen molar-refractivity contribution in [3.05, 3.63) is 130 Å². The molecule has 0 aliphatic heterocycles. The van der Waals surface area contributed by atoms with Crippen LogP contribution < -0.4 is 10.9 Å². The van der Waals surface area contributed by atoms with Gasteiger partial charge in [0, 0.05) is 23.6 Å². The number of anilines is 2. The molecule has 12 nitrogen and oxygen atoms in total. The number of pyridine rings is 1. The highest BCUT2D eigenvalue weighted by Crippen LogP contribution is 2.44. The molecule has 0 amide bonds. The lowest BCUT2D eigenvalue weighted by Crippen LogP contribution is -2.29. The molecule has 1 heterocycles. The highest BCUT2D eigenvalue weighted by Gasteiger charge is 2.34. The first-order chi connectivity index (χ1) is 23.6. The van der Waals surface area contributed by atoms with Crippen molar-refractivity contribution >= 4 is 67.0 Å². The first-order valence-corrected chi connectivity index (χ1v) is 16.8. The van der Waals surface area contributed by atoms with E-state index in [9.17, 15) is 27.4 Å². The van der Waals surface area contributed by atoms with E-state index < -0.39 is 32.3 Å². The van der Waals surface area contributed by atoms with Crippen LogP contribution in [0.5, 0.6) is 0 Å². The second-order valence-corrected chi connectivity index (χ2v) is 13.2. The lowest BCUT2D eigenvalue weighted by molar-refractivity contribution is -0.432. The number of carbonyl (C=O) groups excluding carboxylic acids is 2. The van der Waals surface area contributed by atoms with E-state index in [1.807, 2.05) is 42.5 Å². The molecule has 7 rings (SSSR count). The summed E-state index contributed by atoms with van der Waals surface area (Å²) in [5.74, 6) is -1.26. The molecule has 0 spiro atoms. The van der Waals surface area contributed by atoms with Gasteiger partial charge in [-0.05, 0) is 52.2 Å². The molecule has 0 bridgehead atoms. The normalized spacial score (nSPS) is 12.3. The second kappa shape index (κ2) is 12.6. The highest BCUT2D eigenvalue weighted by molar-refractivity contribution is 7.94. The Morgan fingerprint density at radius 3 is 2.37 bits per heavy atom. The number of esters is 1. The van der Waals surface area contributed by atoms with Crippen LogP contribution in [0, 0.1) is 0 Å². The molecule has 0 saturated carbocycles. The zero-order chi connectivity index (χ0) is 34.4. The van der Waals surface area contributed by atoms with Crippen LogP contribution in [-0.2, 0) is 37.9 Å². The largest absolute Gasteiger partial charge is 0.457 e. The number of aromatic nitrogens is 1. The molecule has 1 aromatic heterocycles. The third kappa shape index (κ3) is 5.65. The average Bonchev–Trinajstić information content (AvgIpc) is 3.10. The summed E-state index contributed by atoms with van der Waals surface area (Å²) in [6.45, 7) is -0.102. The molecular weight excluding hydrogens is 673 g/mol. The van der Waals surface area contributed by atoms with Crippen molar-refractivity contribution in [2.75, 3.05) is 5.32 Å². The van der Waals surface area contributed by atoms with Gasteiger partial charge in [-0.1, -0.05) is 71.8 Å². The summed E-state index contributed by atoms with van der Waals surface area (Å²) in [7, 11) is -3.11. The molecule has 1 aliphatic rings. The van der Waals surface area contributed by atoms with Crippen LogP contribution in [-0.4, -0.2) is 34.5 Å². The van der Waals surface area contributed by atoms with Crippen LogP contribution in [0.4, 0.5) is 11.4 Å². The Labute approximate surface area is 282 Å². The van der Waals surface area contributed by atoms with Crippen molar-refractivity contribution in [2.45, 2.75) is 16.4 Å². The SMILES string of the molecule is Cn1c(=O)c(C(=O)OCc2cccc3ccccc23)c2c3c(c(Nc4ccc(S(=O)(=O)O)cc4SOOO)ccc31)C(=O)c1ccccc1-2. The molecule has 0 fully saturated rings. The predicted molar refractivity (Wildman–Crippen MR) is 181 cm³/mol. The summed E-state index contributed by atoms with van der Waals surface area (Å²) in [5, 5.41) is 17.7. The van der Waals surface area contributed by atoms with Gasteiger partial charge in [-0.25, -0.2) is 10.1 Å². The van der Waals surface area contributed by atoms with Crippen LogP contribution in [0.2, 0.25) is 0 Å². The number of aryl methyl sites for hydroxylation is 1. The van der Waals surface area contributed by atoms with E-state index in [4.69, 9.17) is 9.99 Å². The van der Waals surface area contributed by atoms with Crippen molar-refractivity contribution in [3.8, 4) is 11.1 Å². The summed E-state index contributed by atoms with van der Waals surface area (Å²) < 4.78 is 44.8. The number of ketones is 1. The number of hydrogen-bond donors (Lipinski definition) is 3. The van der Waals surface area contributed by atoms with Gasteiger partial charge in [0.05, 0.1) is 44.3 Å². The Hall–Kier alpha value is -5.35. The van der Waals surface area contributed by atoms with Gasteiger partial charge in [0.15, 0.2) is 5.78 Å². The maximum atomic E-state index is 14.2. The fraction of sp³-hybridized carbons (Fsp3) is 0.0571. The lowest BCUT2D eigenvalue weighted by atomic mass is 9.81. The maximum Gasteiger partial charge on any atom is 0.344 e. The molecule has 0 saturated heterocycles. The van der Waals surface area contributed by atoms with Gasteiger partial charge < -0.3 is 14.6 Å². The zero-order valence-electron chi connectivity index (χ0n) is 25.4. The summed E-state index contributed by atoms with van der Waals surface area (Å²) in [6.07, 6.45) is 0. The van der Waals surface area contributed by atoms with Gasteiger partial charge in [0.1, 0.15) is 12.2 Å². The molecule has 0 atom stereocenters. The van der Waals surface area contributed by atoms with E-state index in [2.05, 4.69) is 14.7 Å². The standard InChI is InChI=1S/C35H24N2O10S2/c1-37-27-16-15-26(36-25-14-13-21(49(42,43)44)17-28(25)48-47-46-41)30-31(27)29(23-11-4-5-12-24(23)33(30)38)32(34(37)39)35(40)45-18-20-9-6-8-19-7-2-3-10-22(19)20/h2-17,36,41H,18H2,1H3,(H,42,43,44). The van der Waals surface area contributed by atoms with E-state index in [-0.39, 0.29) is 45.1 Å². The van der Waals surface area contributed by atoms with E-state index >= 15 is 0 Å². The van der Waals surface area contributed by atoms with E-state index in [1.54, 1.807) is 36.4 Å². The van der Waals surface area contributed by atoms with Crippen molar-refractivity contribution in [1.29, 1.82) is 0 Å². The van der Waals surface area contributed by atoms with Gasteiger partial charge in [0.2, 0.25) is 0 Å². The van der Waals surface area contributed by atoms with E-state index in [1.165, 1.54) is 17.7 Å². The third-order valence-corrected chi connectivity index (χ3v) is 9.84. The summed E-state index contributed by atoms with van der Waals surface area (Å²) >= 11 is 0.433. The Kier molecular flexibility index (Phi) is 8.28. The second-order valence-electron chi connectivity index (χ2n) is 11.1. The highest BCUT2D eigenvalue weighted by atomic mass is 32.2. The Bertz CT molecular complexity index is 2520. The minimum Gasteiger partial charge on any atom is -0.457 e. The van der Waals surface area contributed by atoms with Gasteiger partial charge in [0.25, 0.3) is 15.7 Å². The summed E-state index contributed by atoms with van der Waals surface area (Å²) in [5.41, 5.74) is 1.74. The van der Waals surface area contributed by atoms with Crippen LogP contribution in [0.1, 0.15) is 31.8 Å². The number of fused-ring (bicyclic) bond motifs is 3. The number of nitrogens with zero attached hydrogens (tertiary/aromatic N) is 1. The molecule has 0 unspecified atom stereocenters. The quantitative estimate of drug-likeness (QED) is 0.0482. The molecular formula is C35H24N2O10S2. The third-order valence-electron chi connectivity index (χ3n) is 8.35. The van der Waals surface area contributed by atoms with Gasteiger partial charge in [-0.15, -0.1) is 4.33 Å². The van der Waals surface area contributed by atoms with Crippen LogP contribution in [0.25, 0.3) is 32.8 Å². The molecule has 246 valence electrons. The fourth-order valence-electron chi connectivity index (χ4n) is 6.13. The molecule has 5 aromatic carbocycles. The lowest BCUT2D eigenvalue weighted by Gasteiger charge is -2.25. The Morgan fingerprint density at radius 2 is 1.59 bits per heavy atom. The average molecular weight is 697 g/mol. The van der Waals surface area contributed by atoms with Crippen molar-refractivity contribution < 1.29 is 41.9 Å². The monoisotopic (exact) mass is 696 g/mol. The number of nitrogens with one attached hydrogen (secondary N) is 1. The molecule has 0 radical (unpaired) electrons. The molecule has 3 N–H and O–H groups in total. The minimum atomic E-state index is -4.61. The minimum absolute atomic E-state index is 0.0542. The van der Waals surface area contributed by atoms with Gasteiger partial charge in [-0.3, -0.25) is 14.1 Å². The Morgan fingerprint density at radius 1 is 0.878 bits per heavy atom. The van der Waals surface area contributed by atoms with Crippen molar-refractivity contribution in [2.24, 2.45) is 7.05 Å². The topological polar surface area (TPSA) is 170 Å². The van der Waals surface area contributed by atoms with Crippen molar-refractivity contribution in [3.63, 3.8) is 0 Å². The first kappa shape index (κ1) is 32.2. The number of hydrogen-bond acceptors (Lipinski definition) is 11. The fourth-order valence-corrected chi connectivity index (χ4v) is 7.20. The van der Waals surface area contributed by atoms with Crippen molar-refractivity contribution in [1.82, 2.24) is 4.57 Å². The molecule has 49 heavy (non-hydrogen) atoms. The van der Waals surface area contributed by atoms with E-state index in [0.717, 1.165) is 28.5 Å². The summed E-state index contributed by atoms with van der Waals surface area (Å²) in [4.78, 5) is 41.7. The van der Waals surface area contributed by atoms with E-state index in [0.29, 0.717) is 28.5 Å². The van der Waals surface area contributed by atoms with Crippen LogP contribution in [0.3, 0.4) is 0 Å². The van der Waals surface area contributed by atoms with Crippen LogP contribution >= 0.6 is 12.0 Å². The number of benzene rings is 5. The molecule has 14 heteroatoms. The van der Waals surface area contributed by atoms with Crippen LogP contribution in [0.15, 0.2) is 112 Å². The number of carbonyl (C=O) groups is 2.